The number of amides is 1. The minimum absolute atomic E-state index is 0.105. The van der Waals surface area contributed by atoms with Gasteiger partial charge in [0, 0.05) is 11.6 Å². The molecule has 3 aromatic rings. The van der Waals surface area contributed by atoms with Crippen molar-refractivity contribution < 1.29 is 18.3 Å². The van der Waals surface area contributed by atoms with E-state index in [0.717, 1.165) is 12.1 Å². The van der Waals surface area contributed by atoms with Crippen molar-refractivity contribution >= 4 is 23.1 Å². The van der Waals surface area contributed by atoms with Crippen molar-refractivity contribution in [2.24, 2.45) is 0 Å². The van der Waals surface area contributed by atoms with E-state index in [4.69, 9.17) is 4.74 Å². The second kappa shape index (κ2) is 7.60. The Morgan fingerprint density at radius 2 is 1.81 bits per heavy atom. The predicted octanol–water partition coefficient (Wildman–Crippen LogP) is 4.36. The van der Waals surface area contributed by atoms with Gasteiger partial charge < -0.3 is 15.4 Å². The molecule has 2 N–H and O–H groups in total. The molecular weight excluding hydrogens is 340 g/mol. The molecule has 3 rings (SSSR count). The van der Waals surface area contributed by atoms with E-state index in [1.165, 1.54) is 12.3 Å². The molecule has 0 fully saturated rings. The van der Waals surface area contributed by atoms with E-state index in [-0.39, 0.29) is 11.6 Å². The predicted molar refractivity (Wildman–Crippen MR) is 94.8 cm³/mol. The largest absolute Gasteiger partial charge is 0.497 e. The number of anilines is 3. The highest BCUT2D eigenvalue weighted by Gasteiger charge is 2.08. The first-order chi connectivity index (χ1) is 12.5. The number of pyridine rings is 1. The molecule has 1 heterocycles. The lowest BCUT2D eigenvalue weighted by molar-refractivity contribution is 0.102. The van der Waals surface area contributed by atoms with Gasteiger partial charge in [-0.3, -0.25) is 4.79 Å². The van der Waals surface area contributed by atoms with E-state index in [0.29, 0.717) is 22.8 Å². The molecule has 0 aliphatic heterocycles. The molecule has 0 saturated carbocycles. The van der Waals surface area contributed by atoms with Crippen LogP contribution in [0.1, 0.15) is 10.4 Å². The summed E-state index contributed by atoms with van der Waals surface area (Å²) in [5.74, 6) is -0.648. The summed E-state index contributed by atoms with van der Waals surface area (Å²) < 4.78 is 31.6. The molecule has 2 aromatic carbocycles. The molecule has 132 valence electrons. The summed E-state index contributed by atoms with van der Waals surface area (Å²) in [6.07, 6.45) is 1.44. The maximum absolute atomic E-state index is 13.6. The van der Waals surface area contributed by atoms with Crippen LogP contribution >= 0.6 is 0 Å². The van der Waals surface area contributed by atoms with Gasteiger partial charge in [0.15, 0.2) is 0 Å². The van der Waals surface area contributed by atoms with Gasteiger partial charge in [-0.1, -0.05) is 0 Å². The molecular formula is C19H15F2N3O2. The molecule has 26 heavy (non-hydrogen) atoms. The lowest BCUT2D eigenvalue weighted by atomic mass is 10.2. The second-order valence-electron chi connectivity index (χ2n) is 5.36. The molecule has 0 saturated heterocycles. The van der Waals surface area contributed by atoms with Crippen molar-refractivity contribution in [2.45, 2.75) is 0 Å². The number of hydrogen-bond donors (Lipinski definition) is 2. The molecule has 0 bridgehead atoms. The molecule has 0 spiro atoms. The highest BCUT2D eigenvalue weighted by Crippen LogP contribution is 2.20. The van der Waals surface area contributed by atoms with Crippen LogP contribution in [-0.4, -0.2) is 18.0 Å². The van der Waals surface area contributed by atoms with Gasteiger partial charge in [0.1, 0.15) is 23.2 Å². The molecule has 0 radical (unpaired) electrons. The van der Waals surface area contributed by atoms with Crippen LogP contribution in [0.4, 0.5) is 26.0 Å². The third-order valence-electron chi connectivity index (χ3n) is 3.57. The minimum atomic E-state index is -0.719. The van der Waals surface area contributed by atoms with Gasteiger partial charge in [-0.15, -0.1) is 0 Å². The maximum Gasteiger partial charge on any atom is 0.255 e. The van der Waals surface area contributed by atoms with Crippen LogP contribution in [0.15, 0.2) is 60.8 Å². The topological polar surface area (TPSA) is 63.2 Å². The number of carbonyl (C=O) groups excluding carboxylic acids is 1. The first kappa shape index (κ1) is 17.3. The van der Waals surface area contributed by atoms with Crippen LogP contribution in [0.5, 0.6) is 5.75 Å². The Hall–Kier alpha value is -3.48. The van der Waals surface area contributed by atoms with Crippen molar-refractivity contribution in [3.05, 3.63) is 78.0 Å². The van der Waals surface area contributed by atoms with Crippen molar-refractivity contribution in [3.63, 3.8) is 0 Å². The maximum atomic E-state index is 13.6. The van der Waals surface area contributed by atoms with Gasteiger partial charge in [0.25, 0.3) is 5.91 Å². The molecule has 1 aromatic heterocycles. The molecule has 7 heteroatoms. The van der Waals surface area contributed by atoms with Gasteiger partial charge in [-0.25, -0.2) is 13.8 Å². The van der Waals surface area contributed by atoms with E-state index < -0.39 is 11.6 Å². The zero-order valence-electron chi connectivity index (χ0n) is 13.8. The van der Waals surface area contributed by atoms with Gasteiger partial charge in [0.2, 0.25) is 0 Å². The number of benzene rings is 2. The Morgan fingerprint density at radius 3 is 2.42 bits per heavy atom. The first-order valence-corrected chi connectivity index (χ1v) is 7.69. The standard InChI is InChI=1S/C19H15F2N3O2/c1-26-15-6-2-12(3-7-15)19(25)23-14-5-9-18(22-11-14)24-17-8-4-13(20)10-16(17)21/h2-11H,1H3,(H,22,24)(H,23,25). The summed E-state index contributed by atoms with van der Waals surface area (Å²) in [6, 6.07) is 13.1. The smallest absolute Gasteiger partial charge is 0.255 e. The zero-order valence-corrected chi connectivity index (χ0v) is 13.8. The van der Waals surface area contributed by atoms with E-state index in [9.17, 15) is 13.6 Å². The Balaban J connectivity index is 1.66. The number of nitrogens with zero attached hydrogens (tertiary/aromatic N) is 1. The normalized spacial score (nSPS) is 10.3. The van der Waals surface area contributed by atoms with Crippen molar-refractivity contribution in [3.8, 4) is 5.75 Å². The van der Waals surface area contributed by atoms with Gasteiger partial charge in [-0.2, -0.15) is 0 Å². The lowest BCUT2D eigenvalue weighted by Gasteiger charge is -2.09. The van der Waals surface area contributed by atoms with Crippen LogP contribution < -0.4 is 15.4 Å². The fourth-order valence-corrected chi connectivity index (χ4v) is 2.22. The number of methoxy groups -OCH3 is 1. The molecule has 0 aliphatic rings. The number of aromatic nitrogens is 1. The fourth-order valence-electron chi connectivity index (χ4n) is 2.22. The zero-order chi connectivity index (χ0) is 18.5. The van der Waals surface area contributed by atoms with E-state index in [2.05, 4.69) is 15.6 Å². The molecule has 1 amide bonds. The monoisotopic (exact) mass is 355 g/mol. The average molecular weight is 355 g/mol. The Labute approximate surface area is 148 Å². The Kier molecular flexibility index (Phi) is 5.07. The third-order valence-corrected chi connectivity index (χ3v) is 3.57. The van der Waals surface area contributed by atoms with E-state index >= 15 is 0 Å². The quantitative estimate of drug-likeness (QED) is 0.714. The summed E-state index contributed by atoms with van der Waals surface area (Å²) in [6.45, 7) is 0. The van der Waals surface area contributed by atoms with Gasteiger partial charge >= 0.3 is 0 Å². The number of halogens is 2. The van der Waals surface area contributed by atoms with Crippen molar-refractivity contribution in [2.75, 3.05) is 17.7 Å². The summed E-state index contributed by atoms with van der Waals surface area (Å²) >= 11 is 0. The number of ether oxygens (including phenoxy) is 1. The van der Waals surface area contributed by atoms with Gasteiger partial charge in [-0.05, 0) is 48.5 Å². The SMILES string of the molecule is COc1ccc(C(=O)Nc2ccc(Nc3ccc(F)cc3F)nc2)cc1. The lowest BCUT2D eigenvalue weighted by Crippen LogP contribution is -2.12. The summed E-state index contributed by atoms with van der Waals surface area (Å²) in [4.78, 5) is 16.3. The second-order valence-corrected chi connectivity index (χ2v) is 5.36. The van der Waals surface area contributed by atoms with Crippen LogP contribution in [0, 0.1) is 11.6 Å². The van der Waals surface area contributed by atoms with Crippen LogP contribution in [0.25, 0.3) is 0 Å². The first-order valence-electron chi connectivity index (χ1n) is 7.69. The number of rotatable bonds is 5. The molecule has 0 unspecified atom stereocenters. The average Bonchev–Trinajstić information content (AvgIpc) is 2.65. The fraction of sp³-hybridized carbons (Fsp3) is 0.0526. The summed E-state index contributed by atoms with van der Waals surface area (Å²) in [5, 5.41) is 5.46. The number of carbonyl (C=O) groups is 1. The van der Waals surface area contributed by atoms with Crippen LogP contribution in [0.3, 0.4) is 0 Å². The van der Waals surface area contributed by atoms with Gasteiger partial charge in [0.05, 0.1) is 24.7 Å². The minimum Gasteiger partial charge on any atom is -0.497 e. The van der Waals surface area contributed by atoms with Crippen molar-refractivity contribution in [1.82, 2.24) is 4.98 Å². The van der Waals surface area contributed by atoms with Crippen LogP contribution in [-0.2, 0) is 0 Å². The highest BCUT2D eigenvalue weighted by atomic mass is 19.1. The molecule has 0 aliphatic carbocycles. The Bertz CT molecular complexity index is 913. The van der Waals surface area contributed by atoms with E-state index in [1.807, 2.05) is 0 Å². The number of nitrogens with one attached hydrogen (secondary N) is 2. The van der Waals surface area contributed by atoms with E-state index in [1.54, 1.807) is 43.5 Å². The summed E-state index contributed by atoms with van der Waals surface area (Å²) in [5.41, 5.74) is 1.06. The highest BCUT2D eigenvalue weighted by molar-refractivity contribution is 6.04. The number of hydrogen-bond acceptors (Lipinski definition) is 4. The molecule has 0 atom stereocenters. The van der Waals surface area contributed by atoms with Crippen molar-refractivity contribution in [1.29, 1.82) is 0 Å². The summed E-state index contributed by atoms with van der Waals surface area (Å²) in [7, 11) is 1.55. The van der Waals surface area contributed by atoms with Crippen LogP contribution in [0.2, 0.25) is 0 Å². The molecule has 5 nitrogen and oxygen atoms in total. The Morgan fingerprint density at radius 1 is 1.04 bits per heavy atom. The third kappa shape index (κ3) is 4.13.